The Morgan fingerprint density at radius 2 is 1.91 bits per heavy atom. The Hall–Kier alpha value is -2.87. The fourth-order valence-electron chi connectivity index (χ4n) is 2.93. The summed E-state index contributed by atoms with van der Waals surface area (Å²) in [7, 11) is 0. The molecule has 1 aliphatic heterocycles. The molecule has 33 heavy (non-hydrogen) atoms. The lowest BCUT2D eigenvalue weighted by molar-refractivity contribution is -0.192. The van der Waals surface area contributed by atoms with E-state index in [2.05, 4.69) is 21.7 Å². The maximum atomic E-state index is 12.8. The SMILES string of the molecule is CC(CNC(=O)c1cc(C(F)(F)F)c[nH]c1=O)N1CCc2sccc2C1.O=C(O)C(F)(F)F. The number of alkyl halides is 6. The highest BCUT2D eigenvalue weighted by atomic mass is 32.1. The summed E-state index contributed by atoms with van der Waals surface area (Å²) in [5.74, 6) is -3.56. The van der Waals surface area contributed by atoms with Crippen LogP contribution in [0.3, 0.4) is 0 Å². The number of carboxylic acids is 1. The molecule has 182 valence electrons. The van der Waals surface area contributed by atoms with Crippen molar-refractivity contribution in [2.75, 3.05) is 13.1 Å². The molecule has 0 radical (unpaired) electrons. The van der Waals surface area contributed by atoms with Crippen LogP contribution in [-0.4, -0.2) is 52.2 Å². The third-order valence-electron chi connectivity index (χ3n) is 4.74. The molecule has 0 fully saturated rings. The Labute approximate surface area is 187 Å². The predicted octanol–water partition coefficient (Wildman–Crippen LogP) is 3.27. The normalized spacial score (nSPS) is 15.1. The molecule has 3 N–H and O–H groups in total. The van der Waals surface area contributed by atoms with Gasteiger partial charge in [-0.1, -0.05) is 0 Å². The fourth-order valence-corrected chi connectivity index (χ4v) is 3.82. The molecule has 1 atom stereocenters. The van der Waals surface area contributed by atoms with E-state index in [0.29, 0.717) is 12.3 Å². The number of nitrogens with zero attached hydrogens (tertiary/aromatic N) is 1. The van der Waals surface area contributed by atoms with Gasteiger partial charge < -0.3 is 15.4 Å². The van der Waals surface area contributed by atoms with Gasteiger partial charge in [0.05, 0.1) is 5.56 Å². The Morgan fingerprint density at radius 1 is 1.27 bits per heavy atom. The number of aromatic nitrogens is 1. The minimum absolute atomic E-state index is 0.00289. The first-order valence-electron chi connectivity index (χ1n) is 9.37. The lowest BCUT2D eigenvalue weighted by Crippen LogP contribution is -2.44. The Balaban J connectivity index is 0.000000479. The first-order valence-corrected chi connectivity index (χ1v) is 10.3. The molecular weight excluding hydrogens is 480 g/mol. The van der Waals surface area contributed by atoms with E-state index >= 15 is 0 Å². The average molecular weight is 499 g/mol. The van der Waals surface area contributed by atoms with Crippen LogP contribution in [0.25, 0.3) is 0 Å². The summed E-state index contributed by atoms with van der Waals surface area (Å²) < 4.78 is 70.0. The van der Waals surface area contributed by atoms with Gasteiger partial charge in [0.2, 0.25) is 0 Å². The summed E-state index contributed by atoms with van der Waals surface area (Å²) in [6, 6.07) is 2.66. The number of carbonyl (C=O) groups is 2. The van der Waals surface area contributed by atoms with Crippen molar-refractivity contribution in [1.82, 2.24) is 15.2 Å². The monoisotopic (exact) mass is 499 g/mol. The number of rotatable bonds is 4. The van der Waals surface area contributed by atoms with Gasteiger partial charge in [-0.3, -0.25) is 14.5 Å². The minimum atomic E-state index is -5.08. The van der Waals surface area contributed by atoms with Crippen LogP contribution < -0.4 is 10.9 Å². The van der Waals surface area contributed by atoms with E-state index in [1.165, 1.54) is 10.4 Å². The molecule has 1 amide bonds. The second kappa shape index (κ2) is 10.4. The molecule has 0 aliphatic carbocycles. The first-order chi connectivity index (χ1) is 15.2. The summed E-state index contributed by atoms with van der Waals surface area (Å²) in [6.07, 6.45) is -8.20. The highest BCUT2D eigenvalue weighted by Crippen LogP contribution is 2.28. The lowest BCUT2D eigenvalue weighted by atomic mass is 10.1. The van der Waals surface area contributed by atoms with Gasteiger partial charge in [0.15, 0.2) is 0 Å². The number of aromatic amines is 1. The molecule has 0 aromatic carbocycles. The van der Waals surface area contributed by atoms with Crippen molar-refractivity contribution < 1.29 is 41.0 Å². The maximum Gasteiger partial charge on any atom is 0.490 e. The number of H-pyrrole nitrogens is 1. The average Bonchev–Trinajstić information content (AvgIpc) is 3.18. The lowest BCUT2D eigenvalue weighted by Gasteiger charge is -2.32. The number of fused-ring (bicyclic) bond motifs is 1. The predicted molar refractivity (Wildman–Crippen MR) is 106 cm³/mol. The second-order valence-electron chi connectivity index (χ2n) is 7.08. The van der Waals surface area contributed by atoms with Crippen molar-refractivity contribution >= 4 is 23.2 Å². The van der Waals surface area contributed by atoms with Gasteiger partial charge in [-0.25, -0.2) is 4.79 Å². The van der Waals surface area contributed by atoms with Crippen molar-refractivity contribution in [2.24, 2.45) is 0 Å². The summed E-state index contributed by atoms with van der Waals surface area (Å²) in [4.78, 5) is 38.3. The summed E-state index contributed by atoms with van der Waals surface area (Å²) >= 11 is 1.73. The van der Waals surface area contributed by atoms with Gasteiger partial charge in [0.25, 0.3) is 11.5 Å². The molecule has 3 rings (SSSR count). The van der Waals surface area contributed by atoms with Crippen molar-refractivity contribution in [3.05, 3.63) is 55.6 Å². The first kappa shape index (κ1) is 26.4. The maximum absolute atomic E-state index is 12.8. The summed E-state index contributed by atoms with van der Waals surface area (Å²) in [6.45, 7) is 3.82. The van der Waals surface area contributed by atoms with Crippen molar-refractivity contribution in [2.45, 2.75) is 38.3 Å². The van der Waals surface area contributed by atoms with E-state index in [9.17, 15) is 35.9 Å². The van der Waals surface area contributed by atoms with Crippen LogP contribution >= 0.6 is 11.3 Å². The number of pyridine rings is 1. The third kappa shape index (κ3) is 7.32. The van der Waals surface area contributed by atoms with Crippen LogP contribution in [0, 0.1) is 0 Å². The zero-order valence-corrected chi connectivity index (χ0v) is 17.8. The van der Waals surface area contributed by atoms with Crippen LogP contribution in [0.15, 0.2) is 28.5 Å². The molecule has 0 saturated carbocycles. The number of amides is 1. The molecule has 0 saturated heterocycles. The van der Waals surface area contributed by atoms with Crippen LogP contribution in [0.1, 0.15) is 33.3 Å². The highest BCUT2D eigenvalue weighted by Gasteiger charge is 2.38. The summed E-state index contributed by atoms with van der Waals surface area (Å²) in [5.41, 5.74) is -1.17. The van der Waals surface area contributed by atoms with Gasteiger partial charge in [-0.05, 0) is 36.4 Å². The van der Waals surface area contributed by atoms with Crippen LogP contribution in [-0.2, 0) is 23.9 Å². The van der Waals surface area contributed by atoms with Crippen molar-refractivity contribution in [3.63, 3.8) is 0 Å². The number of carbonyl (C=O) groups excluding carboxylic acids is 1. The smallest absolute Gasteiger partial charge is 0.475 e. The van der Waals surface area contributed by atoms with Gasteiger partial charge >= 0.3 is 18.3 Å². The van der Waals surface area contributed by atoms with E-state index in [1.54, 1.807) is 11.3 Å². The van der Waals surface area contributed by atoms with E-state index in [1.807, 2.05) is 11.9 Å². The topological polar surface area (TPSA) is 103 Å². The third-order valence-corrected chi connectivity index (χ3v) is 5.76. The molecule has 2 aromatic heterocycles. The molecule has 1 aliphatic rings. The number of hydrogen-bond donors (Lipinski definition) is 3. The molecule has 7 nitrogen and oxygen atoms in total. The van der Waals surface area contributed by atoms with E-state index in [0.717, 1.165) is 19.5 Å². The molecule has 1 unspecified atom stereocenters. The van der Waals surface area contributed by atoms with Crippen molar-refractivity contribution in [3.8, 4) is 0 Å². The van der Waals surface area contributed by atoms with Gasteiger partial charge in [0.1, 0.15) is 5.56 Å². The Bertz CT molecular complexity index is 1050. The minimum Gasteiger partial charge on any atom is -0.475 e. The number of aliphatic carboxylic acids is 1. The van der Waals surface area contributed by atoms with E-state index in [-0.39, 0.29) is 12.6 Å². The van der Waals surface area contributed by atoms with Crippen LogP contribution in [0.2, 0.25) is 0 Å². The number of halogens is 6. The van der Waals surface area contributed by atoms with Gasteiger partial charge in [0, 0.05) is 36.8 Å². The van der Waals surface area contributed by atoms with Gasteiger partial charge in [-0.15, -0.1) is 11.3 Å². The highest BCUT2D eigenvalue weighted by molar-refractivity contribution is 7.10. The quantitative estimate of drug-likeness (QED) is 0.561. The molecular formula is C19H19F6N3O4S. The number of carboxylic acid groups (broad SMARTS) is 1. The molecule has 14 heteroatoms. The Morgan fingerprint density at radius 3 is 2.48 bits per heavy atom. The van der Waals surface area contributed by atoms with Gasteiger partial charge in [-0.2, -0.15) is 26.3 Å². The second-order valence-corrected chi connectivity index (χ2v) is 8.08. The standard InChI is InChI=1S/C17H18F3N3O2S.C2HF3O2/c1-10(23-4-2-14-11(9-23)3-5-26-14)7-21-15(24)13-6-12(17(18,19)20)8-22-16(13)25;3-2(4,5)1(6)7/h3,5-6,8,10H,2,4,7,9H2,1H3,(H,21,24)(H,22,25);(H,6,7). The zero-order valence-electron chi connectivity index (χ0n) is 17.0. The molecule has 3 heterocycles. The van der Waals surface area contributed by atoms with Crippen molar-refractivity contribution in [1.29, 1.82) is 0 Å². The van der Waals surface area contributed by atoms with Crippen LogP contribution in [0.5, 0.6) is 0 Å². The van der Waals surface area contributed by atoms with E-state index in [4.69, 9.17) is 9.90 Å². The van der Waals surface area contributed by atoms with Crippen LogP contribution in [0.4, 0.5) is 26.3 Å². The zero-order chi connectivity index (χ0) is 25.0. The number of hydrogen-bond acceptors (Lipinski definition) is 5. The fraction of sp³-hybridized carbons (Fsp3) is 0.421. The number of thiophene rings is 1. The number of nitrogens with one attached hydrogen (secondary N) is 2. The Kier molecular flexibility index (Phi) is 8.30. The molecule has 2 aromatic rings. The summed E-state index contributed by atoms with van der Waals surface area (Å²) in [5, 5.41) is 11.7. The molecule has 0 bridgehead atoms. The largest absolute Gasteiger partial charge is 0.490 e. The molecule has 0 spiro atoms. The van der Waals surface area contributed by atoms with E-state index < -0.39 is 40.9 Å².